The second-order valence-corrected chi connectivity index (χ2v) is 5.84. The molecule has 2 amide bonds. The molecule has 23 heavy (non-hydrogen) atoms. The van der Waals surface area contributed by atoms with E-state index in [4.69, 9.17) is 0 Å². The van der Waals surface area contributed by atoms with Crippen molar-refractivity contribution in [3.63, 3.8) is 0 Å². The maximum atomic E-state index is 12.2. The van der Waals surface area contributed by atoms with Crippen molar-refractivity contribution in [3.05, 3.63) is 76.4 Å². The van der Waals surface area contributed by atoms with Crippen molar-refractivity contribution in [1.29, 1.82) is 0 Å². The minimum absolute atomic E-state index is 0.190. The average molecular weight is 305 g/mol. The van der Waals surface area contributed by atoms with Crippen molar-refractivity contribution in [2.45, 2.75) is 20.3 Å². The second kappa shape index (κ2) is 6.21. The summed E-state index contributed by atoms with van der Waals surface area (Å²) in [6.45, 7) is 4.59. The molecule has 1 aliphatic heterocycles. The summed E-state index contributed by atoms with van der Waals surface area (Å²) in [5, 5.41) is 0. The molecule has 0 radical (unpaired) electrons. The average Bonchev–Trinajstić information content (AvgIpc) is 2.80. The fraction of sp³-hybridized carbons (Fsp3) is 0.200. The maximum Gasteiger partial charge on any atom is 0.261 e. The van der Waals surface area contributed by atoms with E-state index >= 15 is 0 Å². The number of nitrogens with zero attached hydrogens (tertiary/aromatic N) is 1. The van der Waals surface area contributed by atoms with Crippen LogP contribution in [0.1, 0.15) is 43.8 Å². The Morgan fingerprint density at radius 1 is 0.913 bits per heavy atom. The van der Waals surface area contributed by atoms with Crippen molar-refractivity contribution >= 4 is 17.9 Å². The van der Waals surface area contributed by atoms with Gasteiger partial charge in [0.15, 0.2) is 0 Å². The SMILES string of the molecule is Cc1ccc(C=CCCN2C(=O)c3ccccc3C2=O)cc1C. The van der Waals surface area contributed by atoms with Crippen molar-refractivity contribution in [1.82, 2.24) is 4.90 Å². The molecule has 0 bridgehead atoms. The molecule has 0 atom stereocenters. The number of benzene rings is 2. The van der Waals surface area contributed by atoms with Gasteiger partial charge in [0.1, 0.15) is 0 Å². The third-order valence-corrected chi connectivity index (χ3v) is 4.24. The normalized spacial score (nSPS) is 13.9. The van der Waals surface area contributed by atoms with Crippen LogP contribution in [0.25, 0.3) is 6.08 Å². The van der Waals surface area contributed by atoms with Crippen LogP contribution in [0.15, 0.2) is 48.5 Å². The Kier molecular flexibility index (Phi) is 4.11. The molecular weight excluding hydrogens is 286 g/mol. The predicted octanol–water partition coefficient (Wildman–Crippen LogP) is 4.00. The molecule has 0 fully saturated rings. The van der Waals surface area contributed by atoms with Crippen LogP contribution in [-0.2, 0) is 0 Å². The summed E-state index contributed by atoms with van der Waals surface area (Å²) in [6, 6.07) is 13.3. The van der Waals surface area contributed by atoms with Gasteiger partial charge < -0.3 is 0 Å². The molecule has 3 heteroatoms. The topological polar surface area (TPSA) is 37.4 Å². The molecule has 2 aromatic rings. The zero-order valence-electron chi connectivity index (χ0n) is 13.4. The number of hydrogen-bond donors (Lipinski definition) is 0. The lowest BCUT2D eigenvalue weighted by atomic mass is 10.1. The van der Waals surface area contributed by atoms with Gasteiger partial charge >= 0.3 is 0 Å². The third-order valence-electron chi connectivity index (χ3n) is 4.24. The fourth-order valence-electron chi connectivity index (χ4n) is 2.73. The summed E-state index contributed by atoms with van der Waals surface area (Å²) >= 11 is 0. The van der Waals surface area contributed by atoms with E-state index in [0.29, 0.717) is 24.1 Å². The predicted molar refractivity (Wildman–Crippen MR) is 91.4 cm³/mol. The lowest BCUT2D eigenvalue weighted by Gasteiger charge is -2.11. The summed E-state index contributed by atoms with van der Waals surface area (Å²) in [4.78, 5) is 25.8. The number of amides is 2. The van der Waals surface area contributed by atoms with E-state index in [9.17, 15) is 9.59 Å². The Balaban J connectivity index is 1.63. The van der Waals surface area contributed by atoms with E-state index in [2.05, 4.69) is 32.0 Å². The van der Waals surface area contributed by atoms with E-state index in [-0.39, 0.29) is 11.8 Å². The van der Waals surface area contributed by atoms with Gasteiger partial charge in [-0.3, -0.25) is 14.5 Å². The first kappa shape index (κ1) is 15.2. The van der Waals surface area contributed by atoms with Crippen molar-refractivity contribution in [2.24, 2.45) is 0 Å². The van der Waals surface area contributed by atoms with Gasteiger partial charge in [-0.1, -0.05) is 42.5 Å². The third kappa shape index (κ3) is 2.95. The minimum Gasteiger partial charge on any atom is -0.274 e. The summed E-state index contributed by atoms with van der Waals surface area (Å²) in [7, 11) is 0. The first-order chi connectivity index (χ1) is 11.1. The summed E-state index contributed by atoms with van der Waals surface area (Å²) < 4.78 is 0. The van der Waals surface area contributed by atoms with Crippen LogP contribution < -0.4 is 0 Å². The summed E-state index contributed by atoms with van der Waals surface area (Å²) in [5.74, 6) is -0.379. The first-order valence-electron chi connectivity index (χ1n) is 7.77. The van der Waals surface area contributed by atoms with E-state index in [1.807, 2.05) is 12.2 Å². The molecule has 2 aromatic carbocycles. The minimum atomic E-state index is -0.190. The number of rotatable bonds is 4. The molecule has 1 heterocycles. The highest BCUT2D eigenvalue weighted by atomic mass is 16.2. The number of carbonyl (C=O) groups is 2. The fourth-order valence-corrected chi connectivity index (χ4v) is 2.73. The Morgan fingerprint density at radius 2 is 1.57 bits per heavy atom. The molecule has 0 saturated carbocycles. The summed E-state index contributed by atoms with van der Waals surface area (Å²) in [6.07, 6.45) is 4.69. The Bertz CT molecular complexity index is 770. The monoisotopic (exact) mass is 305 g/mol. The Hall–Kier alpha value is -2.68. The standard InChI is InChI=1S/C20H19NO2/c1-14-10-11-16(13-15(14)2)7-5-6-12-21-19(22)17-8-3-4-9-18(17)20(21)23/h3-5,7-11,13H,6,12H2,1-2H3. The van der Waals surface area contributed by atoms with Gasteiger partial charge in [-0.15, -0.1) is 0 Å². The Morgan fingerprint density at radius 3 is 2.17 bits per heavy atom. The molecule has 0 saturated heterocycles. The Labute approximate surface area is 136 Å². The van der Waals surface area contributed by atoms with Crippen LogP contribution in [0.4, 0.5) is 0 Å². The highest BCUT2D eigenvalue weighted by Gasteiger charge is 2.34. The van der Waals surface area contributed by atoms with Gasteiger partial charge in [0.05, 0.1) is 11.1 Å². The molecule has 1 aliphatic rings. The lowest BCUT2D eigenvalue weighted by Crippen LogP contribution is -2.30. The first-order valence-corrected chi connectivity index (χ1v) is 7.77. The molecular formula is C20H19NO2. The van der Waals surface area contributed by atoms with Gasteiger partial charge in [0.2, 0.25) is 0 Å². The van der Waals surface area contributed by atoms with Gasteiger partial charge in [-0.2, -0.15) is 0 Å². The number of fused-ring (bicyclic) bond motifs is 1. The molecule has 0 N–H and O–H groups in total. The number of aryl methyl sites for hydroxylation is 2. The van der Waals surface area contributed by atoms with Crippen molar-refractivity contribution in [2.75, 3.05) is 6.54 Å². The second-order valence-electron chi connectivity index (χ2n) is 5.84. The highest BCUT2D eigenvalue weighted by molar-refractivity contribution is 6.21. The van der Waals surface area contributed by atoms with Crippen LogP contribution in [0, 0.1) is 13.8 Å². The van der Waals surface area contributed by atoms with E-state index in [0.717, 1.165) is 5.56 Å². The summed E-state index contributed by atoms with van der Waals surface area (Å²) in [5.41, 5.74) is 4.68. The van der Waals surface area contributed by atoms with Crippen LogP contribution in [0.3, 0.4) is 0 Å². The maximum absolute atomic E-state index is 12.2. The van der Waals surface area contributed by atoms with Crippen LogP contribution in [0.5, 0.6) is 0 Å². The van der Waals surface area contributed by atoms with Gasteiger partial charge in [0.25, 0.3) is 11.8 Å². The number of imide groups is 1. The lowest BCUT2D eigenvalue weighted by molar-refractivity contribution is 0.0657. The van der Waals surface area contributed by atoms with Gasteiger partial charge in [-0.25, -0.2) is 0 Å². The molecule has 0 spiro atoms. The zero-order valence-corrected chi connectivity index (χ0v) is 13.4. The van der Waals surface area contributed by atoms with Crippen molar-refractivity contribution < 1.29 is 9.59 Å². The van der Waals surface area contributed by atoms with E-state index < -0.39 is 0 Å². The van der Waals surface area contributed by atoms with E-state index in [1.165, 1.54) is 16.0 Å². The molecule has 0 aromatic heterocycles. The molecule has 116 valence electrons. The van der Waals surface area contributed by atoms with Crippen LogP contribution >= 0.6 is 0 Å². The highest BCUT2D eigenvalue weighted by Crippen LogP contribution is 2.22. The van der Waals surface area contributed by atoms with Gasteiger partial charge in [-0.05, 0) is 49.1 Å². The smallest absolute Gasteiger partial charge is 0.261 e. The van der Waals surface area contributed by atoms with Crippen molar-refractivity contribution in [3.8, 4) is 0 Å². The number of hydrogen-bond acceptors (Lipinski definition) is 2. The quantitative estimate of drug-likeness (QED) is 0.801. The molecule has 0 unspecified atom stereocenters. The molecule has 3 rings (SSSR count). The van der Waals surface area contributed by atoms with Gasteiger partial charge in [0, 0.05) is 6.54 Å². The number of carbonyl (C=O) groups excluding carboxylic acids is 2. The van der Waals surface area contributed by atoms with Crippen LogP contribution in [0.2, 0.25) is 0 Å². The van der Waals surface area contributed by atoms with Crippen LogP contribution in [-0.4, -0.2) is 23.3 Å². The van der Waals surface area contributed by atoms with E-state index in [1.54, 1.807) is 24.3 Å². The molecule has 0 aliphatic carbocycles. The zero-order chi connectivity index (χ0) is 16.4. The largest absolute Gasteiger partial charge is 0.274 e. The molecule has 3 nitrogen and oxygen atoms in total.